The van der Waals surface area contributed by atoms with Crippen LogP contribution in [0, 0.1) is 25.6 Å². The fourth-order valence-electron chi connectivity index (χ4n) is 3.62. The van der Waals surface area contributed by atoms with Gasteiger partial charge in [-0.05, 0) is 67.8 Å². The summed E-state index contributed by atoms with van der Waals surface area (Å²) >= 11 is 0. The van der Waals surface area contributed by atoms with E-state index in [9.17, 15) is 4.39 Å². The van der Waals surface area contributed by atoms with E-state index in [4.69, 9.17) is 0 Å². The number of nitrogens with one attached hydrogen (secondary N) is 1. The minimum absolute atomic E-state index is 0.00365. The van der Waals surface area contributed by atoms with Crippen molar-refractivity contribution in [3.05, 3.63) is 34.6 Å². The van der Waals surface area contributed by atoms with Crippen LogP contribution in [0.25, 0.3) is 0 Å². The number of hydrogen-bond acceptors (Lipinski definition) is 1. The predicted molar refractivity (Wildman–Crippen MR) is 83.7 cm³/mol. The Morgan fingerprint density at radius 1 is 1.20 bits per heavy atom. The third-order valence-electron chi connectivity index (χ3n) is 4.55. The molecular formula is C18H28FN. The SMILES string of the molecule is Cc1cc(C)c(C2CCCCC2CNC(C)C)c(F)c1. The van der Waals surface area contributed by atoms with Gasteiger partial charge in [0.25, 0.3) is 0 Å². The lowest BCUT2D eigenvalue weighted by atomic mass is 9.74. The zero-order chi connectivity index (χ0) is 14.7. The maximum Gasteiger partial charge on any atom is 0.127 e. The molecule has 0 amide bonds. The number of aryl methyl sites for hydroxylation is 2. The van der Waals surface area contributed by atoms with Gasteiger partial charge >= 0.3 is 0 Å². The molecular weight excluding hydrogens is 249 g/mol. The second kappa shape index (κ2) is 6.71. The molecule has 0 radical (unpaired) electrons. The first-order chi connectivity index (χ1) is 9.49. The second-order valence-electron chi connectivity index (χ2n) is 6.69. The average molecular weight is 277 g/mol. The van der Waals surface area contributed by atoms with E-state index in [1.165, 1.54) is 19.3 Å². The minimum atomic E-state index is 0.00365. The summed E-state index contributed by atoms with van der Waals surface area (Å²) in [6.07, 6.45) is 4.87. The largest absolute Gasteiger partial charge is 0.314 e. The normalized spacial score (nSPS) is 23.3. The van der Waals surface area contributed by atoms with Crippen molar-refractivity contribution < 1.29 is 4.39 Å². The second-order valence-corrected chi connectivity index (χ2v) is 6.69. The lowest BCUT2D eigenvalue weighted by Gasteiger charge is -2.34. The lowest BCUT2D eigenvalue weighted by Crippen LogP contribution is -2.33. The van der Waals surface area contributed by atoms with E-state index in [2.05, 4.69) is 32.2 Å². The Morgan fingerprint density at radius 3 is 2.55 bits per heavy atom. The van der Waals surface area contributed by atoms with E-state index in [1.54, 1.807) is 6.07 Å². The maximum atomic E-state index is 14.4. The molecule has 2 heteroatoms. The van der Waals surface area contributed by atoms with Crippen LogP contribution in [-0.2, 0) is 0 Å². The van der Waals surface area contributed by atoms with E-state index in [0.717, 1.165) is 29.7 Å². The highest BCUT2D eigenvalue weighted by Crippen LogP contribution is 2.40. The van der Waals surface area contributed by atoms with E-state index < -0.39 is 0 Å². The molecule has 0 spiro atoms. The Bertz CT molecular complexity index is 430. The van der Waals surface area contributed by atoms with Gasteiger partial charge in [0.1, 0.15) is 5.82 Å². The van der Waals surface area contributed by atoms with Crippen LogP contribution < -0.4 is 5.32 Å². The Balaban J connectivity index is 2.23. The summed E-state index contributed by atoms with van der Waals surface area (Å²) in [6.45, 7) is 9.39. The highest BCUT2D eigenvalue weighted by Gasteiger charge is 2.29. The molecule has 1 aromatic rings. The Kier molecular flexibility index (Phi) is 5.20. The molecule has 1 nitrogen and oxygen atoms in total. The van der Waals surface area contributed by atoms with Crippen molar-refractivity contribution in [3.8, 4) is 0 Å². The summed E-state index contributed by atoms with van der Waals surface area (Å²) < 4.78 is 14.4. The van der Waals surface area contributed by atoms with Gasteiger partial charge < -0.3 is 5.32 Å². The molecule has 0 bridgehead atoms. The first-order valence-corrected chi connectivity index (χ1v) is 7.99. The van der Waals surface area contributed by atoms with Crippen molar-refractivity contribution in [2.45, 2.75) is 65.3 Å². The molecule has 2 rings (SSSR count). The topological polar surface area (TPSA) is 12.0 Å². The molecule has 1 N–H and O–H groups in total. The van der Waals surface area contributed by atoms with Gasteiger partial charge in [0.2, 0.25) is 0 Å². The van der Waals surface area contributed by atoms with Crippen LogP contribution in [0.1, 0.15) is 62.1 Å². The number of rotatable bonds is 4. The van der Waals surface area contributed by atoms with Crippen LogP contribution in [0.15, 0.2) is 12.1 Å². The van der Waals surface area contributed by atoms with Crippen LogP contribution in [0.4, 0.5) is 4.39 Å². The highest BCUT2D eigenvalue weighted by molar-refractivity contribution is 5.35. The summed E-state index contributed by atoms with van der Waals surface area (Å²) in [4.78, 5) is 0. The summed E-state index contributed by atoms with van der Waals surface area (Å²) in [7, 11) is 0. The Morgan fingerprint density at radius 2 is 1.90 bits per heavy atom. The van der Waals surface area contributed by atoms with Crippen molar-refractivity contribution >= 4 is 0 Å². The van der Waals surface area contributed by atoms with Crippen molar-refractivity contribution in [3.63, 3.8) is 0 Å². The van der Waals surface area contributed by atoms with Crippen molar-refractivity contribution in [2.75, 3.05) is 6.54 Å². The molecule has 1 aliphatic carbocycles. The van der Waals surface area contributed by atoms with Crippen LogP contribution in [-0.4, -0.2) is 12.6 Å². The summed E-state index contributed by atoms with van der Waals surface area (Å²) in [6, 6.07) is 4.32. The van der Waals surface area contributed by atoms with Crippen molar-refractivity contribution in [1.82, 2.24) is 5.32 Å². The maximum absolute atomic E-state index is 14.4. The van der Waals surface area contributed by atoms with E-state index >= 15 is 0 Å². The number of hydrogen-bond donors (Lipinski definition) is 1. The molecule has 0 aliphatic heterocycles. The van der Waals surface area contributed by atoms with Gasteiger partial charge in [-0.15, -0.1) is 0 Å². The molecule has 112 valence electrons. The van der Waals surface area contributed by atoms with Crippen molar-refractivity contribution in [2.24, 2.45) is 5.92 Å². The van der Waals surface area contributed by atoms with Gasteiger partial charge in [-0.25, -0.2) is 4.39 Å². The first kappa shape index (κ1) is 15.5. The van der Waals surface area contributed by atoms with Crippen LogP contribution in [0.5, 0.6) is 0 Å². The van der Waals surface area contributed by atoms with Gasteiger partial charge in [0.05, 0.1) is 0 Å². The summed E-state index contributed by atoms with van der Waals surface area (Å²) in [5.74, 6) is 0.960. The molecule has 0 saturated heterocycles. The predicted octanol–water partition coefficient (Wildman–Crippen LogP) is 4.71. The molecule has 1 aromatic carbocycles. The van der Waals surface area contributed by atoms with Crippen LogP contribution >= 0.6 is 0 Å². The van der Waals surface area contributed by atoms with Gasteiger partial charge in [0.15, 0.2) is 0 Å². The fourth-order valence-corrected chi connectivity index (χ4v) is 3.62. The third-order valence-corrected chi connectivity index (χ3v) is 4.55. The first-order valence-electron chi connectivity index (χ1n) is 7.99. The average Bonchev–Trinajstić information content (AvgIpc) is 2.36. The van der Waals surface area contributed by atoms with Crippen LogP contribution in [0.3, 0.4) is 0 Å². The molecule has 20 heavy (non-hydrogen) atoms. The monoisotopic (exact) mass is 277 g/mol. The zero-order valence-electron chi connectivity index (χ0n) is 13.3. The quantitative estimate of drug-likeness (QED) is 0.840. The molecule has 2 unspecified atom stereocenters. The van der Waals surface area contributed by atoms with Gasteiger partial charge in [-0.3, -0.25) is 0 Å². The standard InChI is InChI=1S/C18H28FN/c1-12(2)20-11-15-7-5-6-8-16(15)18-14(4)9-13(3)10-17(18)19/h9-10,12,15-16,20H,5-8,11H2,1-4H3. The molecule has 1 aliphatic rings. The smallest absolute Gasteiger partial charge is 0.127 e. The van der Waals surface area contributed by atoms with Gasteiger partial charge in [-0.1, -0.05) is 32.8 Å². The summed E-state index contributed by atoms with van der Waals surface area (Å²) in [5.41, 5.74) is 3.13. The minimum Gasteiger partial charge on any atom is -0.314 e. The van der Waals surface area contributed by atoms with E-state index in [-0.39, 0.29) is 5.82 Å². The Labute approximate surface area is 123 Å². The molecule has 0 heterocycles. The van der Waals surface area contributed by atoms with Gasteiger partial charge in [0, 0.05) is 6.04 Å². The third kappa shape index (κ3) is 3.60. The molecule has 0 aromatic heterocycles. The van der Waals surface area contributed by atoms with Crippen LogP contribution in [0.2, 0.25) is 0 Å². The molecule has 1 fully saturated rings. The number of halogens is 1. The molecule has 2 atom stereocenters. The zero-order valence-corrected chi connectivity index (χ0v) is 13.3. The molecule has 1 saturated carbocycles. The fraction of sp³-hybridized carbons (Fsp3) is 0.667. The van der Waals surface area contributed by atoms with E-state index in [0.29, 0.717) is 17.9 Å². The number of benzene rings is 1. The lowest BCUT2D eigenvalue weighted by molar-refractivity contribution is 0.283. The van der Waals surface area contributed by atoms with Gasteiger partial charge in [-0.2, -0.15) is 0 Å². The van der Waals surface area contributed by atoms with E-state index in [1.807, 2.05) is 6.92 Å². The highest BCUT2D eigenvalue weighted by atomic mass is 19.1. The van der Waals surface area contributed by atoms with Crippen molar-refractivity contribution in [1.29, 1.82) is 0 Å². The summed E-state index contributed by atoms with van der Waals surface area (Å²) in [5, 5.41) is 3.54. The Hall–Kier alpha value is -0.890.